The van der Waals surface area contributed by atoms with E-state index < -0.39 is 5.91 Å². The van der Waals surface area contributed by atoms with Gasteiger partial charge in [-0.1, -0.05) is 29.8 Å². The number of aromatic nitrogens is 1. The van der Waals surface area contributed by atoms with Gasteiger partial charge < -0.3 is 5.32 Å². The van der Waals surface area contributed by atoms with Crippen molar-refractivity contribution in [2.75, 3.05) is 5.32 Å². The van der Waals surface area contributed by atoms with Gasteiger partial charge in [0.1, 0.15) is 0 Å². The molecule has 1 aromatic heterocycles. The molecule has 7 heteroatoms. The second kappa shape index (κ2) is 8.94. The average Bonchev–Trinajstić information content (AvgIpc) is 2.74. The highest BCUT2D eigenvalue weighted by atomic mass is 35.5. The highest BCUT2D eigenvalue weighted by molar-refractivity contribution is 6.33. The summed E-state index contributed by atoms with van der Waals surface area (Å²) in [5.41, 5.74) is 4.57. The Labute approximate surface area is 166 Å². The number of hydrogen-bond acceptors (Lipinski definition) is 4. The number of hydroxylamine groups is 1. The molecule has 0 unspecified atom stereocenters. The first kappa shape index (κ1) is 19.3. The Kier molecular flexibility index (Phi) is 6.16. The normalized spacial score (nSPS) is 10.6. The first-order valence-electron chi connectivity index (χ1n) is 8.31. The van der Waals surface area contributed by atoms with Gasteiger partial charge >= 0.3 is 0 Å². The fraction of sp³-hybridized carbons (Fsp3) is 0. The van der Waals surface area contributed by atoms with Crippen molar-refractivity contribution in [1.82, 2.24) is 10.5 Å². The van der Waals surface area contributed by atoms with Crippen LogP contribution in [0.25, 0.3) is 17.3 Å². The van der Waals surface area contributed by atoms with Crippen molar-refractivity contribution < 1.29 is 14.8 Å². The molecule has 0 aliphatic heterocycles. The molecule has 0 bridgehead atoms. The molecule has 3 aromatic rings. The Morgan fingerprint density at radius 2 is 1.89 bits per heavy atom. The summed E-state index contributed by atoms with van der Waals surface area (Å²) in [7, 11) is 0. The maximum Gasteiger partial charge on any atom is 0.267 e. The Morgan fingerprint density at radius 3 is 2.64 bits per heavy atom. The largest absolute Gasteiger partial charge is 0.322 e. The van der Waals surface area contributed by atoms with E-state index in [1.54, 1.807) is 48.7 Å². The van der Waals surface area contributed by atoms with Gasteiger partial charge in [0.25, 0.3) is 11.8 Å². The summed E-state index contributed by atoms with van der Waals surface area (Å²) in [6.07, 6.45) is 4.33. The van der Waals surface area contributed by atoms with Crippen LogP contribution in [-0.2, 0) is 4.79 Å². The monoisotopic (exact) mass is 393 g/mol. The van der Waals surface area contributed by atoms with E-state index in [1.807, 2.05) is 18.2 Å². The summed E-state index contributed by atoms with van der Waals surface area (Å²) >= 11 is 6.27. The number of anilines is 1. The molecular weight excluding hydrogens is 378 g/mol. The third kappa shape index (κ3) is 4.82. The fourth-order valence-electron chi connectivity index (χ4n) is 2.52. The number of amides is 2. The fourth-order valence-corrected chi connectivity index (χ4v) is 2.73. The Hall–Kier alpha value is -3.48. The molecule has 0 saturated carbocycles. The molecule has 140 valence electrons. The van der Waals surface area contributed by atoms with Gasteiger partial charge in [0.15, 0.2) is 0 Å². The van der Waals surface area contributed by atoms with Gasteiger partial charge in [0.2, 0.25) is 0 Å². The number of rotatable bonds is 5. The van der Waals surface area contributed by atoms with Crippen LogP contribution >= 0.6 is 11.6 Å². The van der Waals surface area contributed by atoms with Crippen molar-refractivity contribution in [2.24, 2.45) is 0 Å². The zero-order chi connectivity index (χ0) is 19.9. The number of nitrogens with one attached hydrogen (secondary N) is 2. The molecule has 3 rings (SSSR count). The van der Waals surface area contributed by atoms with Gasteiger partial charge in [-0.3, -0.25) is 19.8 Å². The second-order valence-electron chi connectivity index (χ2n) is 5.80. The van der Waals surface area contributed by atoms with Crippen molar-refractivity contribution in [2.45, 2.75) is 0 Å². The quantitative estimate of drug-likeness (QED) is 0.344. The number of halogens is 1. The predicted molar refractivity (Wildman–Crippen MR) is 108 cm³/mol. The maximum absolute atomic E-state index is 12.6. The molecule has 1 heterocycles. The van der Waals surface area contributed by atoms with Gasteiger partial charge in [-0.15, -0.1) is 0 Å². The van der Waals surface area contributed by atoms with Crippen molar-refractivity contribution in [1.29, 1.82) is 0 Å². The van der Waals surface area contributed by atoms with Crippen molar-refractivity contribution in [3.8, 4) is 11.3 Å². The number of benzene rings is 2. The lowest BCUT2D eigenvalue weighted by Crippen LogP contribution is -2.14. The third-order valence-corrected chi connectivity index (χ3v) is 4.18. The molecule has 2 amide bonds. The topological polar surface area (TPSA) is 91.3 Å². The van der Waals surface area contributed by atoms with Crippen molar-refractivity contribution in [3.05, 3.63) is 89.1 Å². The SMILES string of the molecule is O=C(/C=C/c1cccc(C(=O)Nc2ccc(Cl)c(-c3ccccn3)c2)c1)NO. The van der Waals surface area contributed by atoms with Gasteiger partial charge in [-0.2, -0.15) is 0 Å². The lowest BCUT2D eigenvalue weighted by Gasteiger charge is -2.09. The number of pyridine rings is 1. The Bertz CT molecular complexity index is 1040. The molecule has 2 aromatic carbocycles. The van der Waals surface area contributed by atoms with Crippen molar-refractivity contribution in [3.63, 3.8) is 0 Å². The molecule has 0 spiro atoms. The molecule has 0 aliphatic rings. The molecule has 0 aliphatic carbocycles. The van der Waals surface area contributed by atoms with Crippen LogP contribution < -0.4 is 10.8 Å². The third-order valence-electron chi connectivity index (χ3n) is 3.85. The number of carbonyl (C=O) groups is 2. The Balaban J connectivity index is 1.80. The standard InChI is InChI=1S/C21H16ClN3O3/c22-18-9-8-16(13-17(18)19-6-1-2-11-23-19)24-21(27)15-5-3-4-14(12-15)7-10-20(26)25-28/h1-13,28H,(H,24,27)(H,25,26)/b10-7+. The minimum absolute atomic E-state index is 0.309. The van der Waals surface area contributed by atoms with Crippen LogP contribution in [0.5, 0.6) is 0 Å². The summed E-state index contributed by atoms with van der Waals surface area (Å²) in [5, 5.41) is 11.9. The summed E-state index contributed by atoms with van der Waals surface area (Å²) in [6, 6.07) is 17.4. The molecule has 6 nitrogen and oxygen atoms in total. The van der Waals surface area contributed by atoms with Crippen LogP contribution in [0, 0.1) is 0 Å². The molecule has 0 atom stereocenters. The molecule has 28 heavy (non-hydrogen) atoms. The molecule has 0 radical (unpaired) electrons. The first-order chi connectivity index (χ1) is 13.6. The molecular formula is C21H16ClN3O3. The van der Waals surface area contributed by atoms with Crippen LogP contribution in [0.3, 0.4) is 0 Å². The van der Waals surface area contributed by atoms with Crippen LogP contribution in [0.2, 0.25) is 5.02 Å². The average molecular weight is 394 g/mol. The zero-order valence-electron chi connectivity index (χ0n) is 14.6. The van der Waals surface area contributed by atoms with Gasteiger partial charge in [0.05, 0.1) is 10.7 Å². The zero-order valence-corrected chi connectivity index (χ0v) is 15.4. The Morgan fingerprint density at radius 1 is 1.04 bits per heavy atom. The minimum Gasteiger partial charge on any atom is -0.322 e. The van der Waals surface area contributed by atoms with E-state index in [0.717, 1.165) is 6.08 Å². The summed E-state index contributed by atoms with van der Waals surface area (Å²) in [4.78, 5) is 28.0. The van der Waals surface area contributed by atoms with Crippen LogP contribution in [0.1, 0.15) is 15.9 Å². The first-order valence-corrected chi connectivity index (χ1v) is 8.69. The summed E-state index contributed by atoms with van der Waals surface area (Å²) in [5.74, 6) is -0.964. The highest BCUT2D eigenvalue weighted by Crippen LogP contribution is 2.29. The van der Waals surface area contributed by atoms with Crippen LogP contribution in [-0.4, -0.2) is 22.0 Å². The summed E-state index contributed by atoms with van der Waals surface area (Å²) in [6.45, 7) is 0. The van der Waals surface area contributed by atoms with Gasteiger partial charge in [-0.05, 0) is 54.1 Å². The summed E-state index contributed by atoms with van der Waals surface area (Å²) < 4.78 is 0. The highest BCUT2D eigenvalue weighted by Gasteiger charge is 2.10. The maximum atomic E-state index is 12.6. The predicted octanol–water partition coefficient (Wildman–Crippen LogP) is 4.17. The number of carbonyl (C=O) groups excluding carboxylic acids is 2. The molecule has 0 fully saturated rings. The van der Waals surface area contributed by atoms with E-state index in [9.17, 15) is 9.59 Å². The van der Waals surface area contributed by atoms with Crippen LogP contribution in [0.15, 0.2) is 72.9 Å². The minimum atomic E-state index is -0.655. The van der Waals surface area contributed by atoms with E-state index in [2.05, 4.69) is 10.3 Å². The van der Waals surface area contributed by atoms with Crippen LogP contribution in [0.4, 0.5) is 5.69 Å². The van der Waals surface area contributed by atoms with E-state index in [1.165, 1.54) is 11.6 Å². The van der Waals surface area contributed by atoms with Crippen molar-refractivity contribution >= 4 is 35.2 Å². The van der Waals surface area contributed by atoms with E-state index in [0.29, 0.717) is 33.1 Å². The number of nitrogens with zero attached hydrogens (tertiary/aromatic N) is 1. The van der Waals surface area contributed by atoms with E-state index >= 15 is 0 Å². The lowest BCUT2D eigenvalue weighted by molar-refractivity contribution is -0.124. The second-order valence-corrected chi connectivity index (χ2v) is 6.21. The van der Waals surface area contributed by atoms with Gasteiger partial charge in [-0.25, -0.2) is 5.48 Å². The van der Waals surface area contributed by atoms with E-state index in [-0.39, 0.29) is 5.91 Å². The van der Waals surface area contributed by atoms with Gasteiger partial charge in [0, 0.05) is 29.1 Å². The number of hydrogen-bond donors (Lipinski definition) is 3. The molecule has 3 N–H and O–H groups in total. The smallest absolute Gasteiger partial charge is 0.267 e. The molecule has 0 saturated heterocycles. The lowest BCUT2D eigenvalue weighted by atomic mass is 10.1. The van der Waals surface area contributed by atoms with E-state index in [4.69, 9.17) is 16.8 Å².